The Bertz CT molecular complexity index is 649. The van der Waals surface area contributed by atoms with Crippen LogP contribution in [0.15, 0.2) is 54.6 Å². The molecule has 0 aromatic heterocycles. The van der Waals surface area contributed by atoms with Gasteiger partial charge in [0.25, 0.3) is 0 Å². The predicted molar refractivity (Wildman–Crippen MR) is 106 cm³/mol. The molecule has 2 aromatic carbocycles. The highest BCUT2D eigenvalue weighted by atomic mass is 127. The fraction of sp³-hybridized carbons (Fsp3) is 0.350. The van der Waals surface area contributed by atoms with Crippen LogP contribution in [0.25, 0.3) is 0 Å². The van der Waals surface area contributed by atoms with Gasteiger partial charge in [0, 0.05) is 42.7 Å². The van der Waals surface area contributed by atoms with Crippen molar-refractivity contribution in [3.63, 3.8) is 0 Å². The first kappa shape index (κ1) is 17.6. The second-order valence-corrected chi connectivity index (χ2v) is 7.63. The van der Waals surface area contributed by atoms with E-state index in [0.717, 1.165) is 38.3 Å². The number of carbonyl (C=O) groups excluding carboxylic acids is 1. The quantitative estimate of drug-likeness (QED) is 0.653. The van der Waals surface area contributed by atoms with E-state index in [1.807, 2.05) is 0 Å². The van der Waals surface area contributed by atoms with E-state index < -0.39 is 0 Å². The Morgan fingerprint density at radius 2 is 1.46 bits per heavy atom. The van der Waals surface area contributed by atoms with Crippen molar-refractivity contribution in [3.8, 4) is 0 Å². The number of piperazine rings is 1. The molecule has 1 aliphatic heterocycles. The van der Waals surface area contributed by atoms with Crippen LogP contribution in [0, 0.1) is 3.57 Å². The highest BCUT2D eigenvalue weighted by Gasteiger charge is 2.19. The van der Waals surface area contributed by atoms with Crippen molar-refractivity contribution >= 4 is 28.4 Å². The topological polar surface area (TPSA) is 23.6 Å². The van der Waals surface area contributed by atoms with E-state index >= 15 is 0 Å². The number of Topliss-reactive ketones (excluding diaryl/α,β-unsaturated/α-hetero) is 1. The van der Waals surface area contributed by atoms with Crippen molar-refractivity contribution in [3.05, 3.63) is 69.3 Å². The van der Waals surface area contributed by atoms with Crippen LogP contribution >= 0.6 is 22.6 Å². The van der Waals surface area contributed by atoms with Crippen molar-refractivity contribution in [2.24, 2.45) is 0 Å². The first-order chi connectivity index (χ1) is 11.7. The summed E-state index contributed by atoms with van der Waals surface area (Å²) in [6.45, 7) is 5.60. The molecule has 0 amide bonds. The third-order valence-corrected chi connectivity index (χ3v) is 5.15. The minimum Gasteiger partial charge on any atom is -0.298 e. The van der Waals surface area contributed by atoms with Gasteiger partial charge in [-0.2, -0.15) is 0 Å². The van der Waals surface area contributed by atoms with Gasteiger partial charge in [0.15, 0.2) is 5.78 Å². The molecule has 1 heterocycles. The summed E-state index contributed by atoms with van der Waals surface area (Å²) in [7, 11) is 0. The smallest absolute Gasteiger partial charge is 0.151 e. The molecule has 0 radical (unpaired) electrons. The Morgan fingerprint density at radius 3 is 2.12 bits per heavy atom. The summed E-state index contributed by atoms with van der Waals surface area (Å²) in [4.78, 5) is 17.0. The van der Waals surface area contributed by atoms with Crippen LogP contribution in [-0.4, -0.2) is 48.3 Å². The molecule has 1 aliphatic rings. The first-order valence-electron chi connectivity index (χ1n) is 8.44. The maximum absolute atomic E-state index is 12.3. The molecule has 0 aliphatic carbocycles. The molecule has 0 bridgehead atoms. The Hall–Kier alpha value is -1.24. The van der Waals surface area contributed by atoms with Crippen molar-refractivity contribution in [2.75, 3.05) is 32.7 Å². The first-order valence-corrected chi connectivity index (χ1v) is 9.52. The summed E-state index contributed by atoms with van der Waals surface area (Å²) in [6.07, 6.45) is 0.543. The van der Waals surface area contributed by atoms with Gasteiger partial charge >= 0.3 is 0 Å². The minimum absolute atomic E-state index is 0.313. The number of nitrogens with zero attached hydrogens (tertiary/aromatic N) is 2. The molecule has 2 aromatic rings. The summed E-state index contributed by atoms with van der Waals surface area (Å²) in [6, 6.07) is 18.8. The molecule has 1 saturated heterocycles. The third kappa shape index (κ3) is 5.40. The minimum atomic E-state index is 0.313. The number of ketones is 1. The number of rotatable bonds is 6. The Morgan fingerprint density at radius 1 is 0.833 bits per heavy atom. The highest BCUT2D eigenvalue weighted by molar-refractivity contribution is 14.1. The Labute approximate surface area is 157 Å². The number of carbonyl (C=O) groups is 1. The standard InChI is InChI=1S/C20H23IN2O/c21-19-8-6-17(7-9-19)14-20(24)16-23-12-10-22(11-13-23)15-18-4-2-1-3-5-18/h1-9H,10-16H2. The average molecular weight is 434 g/mol. The van der Waals surface area contributed by atoms with E-state index in [1.165, 1.54) is 9.13 Å². The second-order valence-electron chi connectivity index (χ2n) is 6.38. The second kappa shape index (κ2) is 8.74. The van der Waals surface area contributed by atoms with Gasteiger partial charge < -0.3 is 0 Å². The van der Waals surface area contributed by atoms with Gasteiger partial charge in [-0.3, -0.25) is 14.6 Å². The van der Waals surface area contributed by atoms with Gasteiger partial charge in [-0.1, -0.05) is 42.5 Å². The maximum atomic E-state index is 12.3. The summed E-state index contributed by atoms with van der Waals surface area (Å²) in [5, 5.41) is 0. The van der Waals surface area contributed by atoms with Crippen molar-refractivity contribution in [2.45, 2.75) is 13.0 Å². The molecule has 126 valence electrons. The molecule has 0 spiro atoms. The molecule has 0 saturated carbocycles. The van der Waals surface area contributed by atoms with E-state index in [1.54, 1.807) is 0 Å². The maximum Gasteiger partial charge on any atom is 0.151 e. The largest absolute Gasteiger partial charge is 0.298 e. The van der Waals surface area contributed by atoms with Crippen LogP contribution < -0.4 is 0 Å². The SMILES string of the molecule is O=C(Cc1ccc(I)cc1)CN1CCN(Cc2ccccc2)CC1. The Balaban J connectivity index is 1.41. The van der Waals surface area contributed by atoms with E-state index in [9.17, 15) is 4.79 Å². The van der Waals surface area contributed by atoms with Crippen LogP contribution in [0.1, 0.15) is 11.1 Å². The fourth-order valence-electron chi connectivity index (χ4n) is 3.08. The zero-order valence-electron chi connectivity index (χ0n) is 13.8. The molecule has 4 heteroatoms. The summed E-state index contributed by atoms with van der Waals surface area (Å²) < 4.78 is 1.21. The summed E-state index contributed by atoms with van der Waals surface area (Å²) in [5.74, 6) is 0.313. The van der Waals surface area contributed by atoms with E-state index in [2.05, 4.69) is 87.0 Å². The molecule has 3 nitrogen and oxygen atoms in total. The van der Waals surface area contributed by atoms with Gasteiger partial charge in [-0.25, -0.2) is 0 Å². The van der Waals surface area contributed by atoms with Gasteiger partial charge in [-0.05, 0) is 45.9 Å². The third-order valence-electron chi connectivity index (χ3n) is 4.43. The van der Waals surface area contributed by atoms with Gasteiger partial charge in [0.2, 0.25) is 0 Å². The molecule has 24 heavy (non-hydrogen) atoms. The molecule has 3 rings (SSSR count). The van der Waals surface area contributed by atoms with Gasteiger partial charge in [-0.15, -0.1) is 0 Å². The lowest BCUT2D eigenvalue weighted by atomic mass is 10.1. The lowest BCUT2D eigenvalue weighted by molar-refractivity contribution is -0.120. The van der Waals surface area contributed by atoms with Crippen LogP contribution in [-0.2, 0) is 17.8 Å². The fourth-order valence-corrected chi connectivity index (χ4v) is 3.44. The monoisotopic (exact) mass is 434 g/mol. The molecular formula is C20H23IN2O. The normalized spacial score (nSPS) is 16.2. The van der Waals surface area contributed by atoms with Gasteiger partial charge in [0.1, 0.15) is 0 Å². The van der Waals surface area contributed by atoms with Crippen LogP contribution in [0.2, 0.25) is 0 Å². The predicted octanol–water partition coefficient (Wildman–Crippen LogP) is 3.22. The number of halogens is 1. The number of hydrogen-bond donors (Lipinski definition) is 0. The molecule has 0 unspecified atom stereocenters. The zero-order valence-corrected chi connectivity index (χ0v) is 16.0. The molecule has 0 atom stereocenters. The van der Waals surface area contributed by atoms with E-state index in [0.29, 0.717) is 18.7 Å². The van der Waals surface area contributed by atoms with Crippen molar-refractivity contribution < 1.29 is 4.79 Å². The Kier molecular flexibility index (Phi) is 6.40. The lowest BCUT2D eigenvalue weighted by Crippen LogP contribution is -2.47. The summed E-state index contributed by atoms with van der Waals surface area (Å²) >= 11 is 2.29. The lowest BCUT2D eigenvalue weighted by Gasteiger charge is -2.34. The zero-order chi connectivity index (χ0) is 16.8. The highest BCUT2D eigenvalue weighted by Crippen LogP contribution is 2.10. The number of benzene rings is 2. The average Bonchev–Trinajstić information content (AvgIpc) is 2.60. The van der Waals surface area contributed by atoms with Crippen LogP contribution in [0.4, 0.5) is 0 Å². The van der Waals surface area contributed by atoms with E-state index in [4.69, 9.17) is 0 Å². The summed E-state index contributed by atoms with van der Waals surface area (Å²) in [5.41, 5.74) is 2.48. The van der Waals surface area contributed by atoms with Crippen LogP contribution in [0.5, 0.6) is 0 Å². The number of hydrogen-bond acceptors (Lipinski definition) is 3. The van der Waals surface area contributed by atoms with Crippen molar-refractivity contribution in [1.82, 2.24) is 9.80 Å². The molecule has 1 fully saturated rings. The van der Waals surface area contributed by atoms with Crippen molar-refractivity contribution in [1.29, 1.82) is 0 Å². The van der Waals surface area contributed by atoms with Crippen LogP contribution in [0.3, 0.4) is 0 Å². The molecule has 0 N–H and O–H groups in total. The van der Waals surface area contributed by atoms with E-state index in [-0.39, 0.29) is 0 Å². The molecular weight excluding hydrogens is 411 g/mol. The van der Waals surface area contributed by atoms with Gasteiger partial charge in [0.05, 0.1) is 6.54 Å².